The highest BCUT2D eigenvalue weighted by Gasteiger charge is 2.45. The van der Waals surface area contributed by atoms with Crippen LogP contribution in [0.4, 0.5) is 14.6 Å². The summed E-state index contributed by atoms with van der Waals surface area (Å²) < 4.78 is 29.1. The van der Waals surface area contributed by atoms with Gasteiger partial charge in [0.15, 0.2) is 0 Å². The third kappa shape index (κ3) is 2.85. The van der Waals surface area contributed by atoms with Gasteiger partial charge < -0.3 is 9.88 Å². The zero-order chi connectivity index (χ0) is 17.7. The van der Waals surface area contributed by atoms with Gasteiger partial charge in [0.05, 0.1) is 18.8 Å². The van der Waals surface area contributed by atoms with Gasteiger partial charge in [-0.2, -0.15) is 0 Å². The van der Waals surface area contributed by atoms with Gasteiger partial charge in [0.25, 0.3) is 5.92 Å². The molecule has 2 aliphatic heterocycles. The normalized spacial score (nSPS) is 19.4. The number of benzene rings is 1. The van der Waals surface area contributed by atoms with E-state index in [4.69, 9.17) is 0 Å². The summed E-state index contributed by atoms with van der Waals surface area (Å²) in [6.45, 7) is 1.61. The highest BCUT2D eigenvalue weighted by Crippen LogP contribution is 2.39. The topological polar surface area (TPSA) is 35.2 Å². The molecule has 1 N–H and O–H groups in total. The van der Waals surface area contributed by atoms with Crippen molar-refractivity contribution >= 4 is 28.7 Å². The van der Waals surface area contributed by atoms with Crippen molar-refractivity contribution in [3.05, 3.63) is 42.6 Å². The molecule has 7 heteroatoms. The number of H-pyrrole nitrogens is 1. The van der Waals surface area contributed by atoms with E-state index in [0.717, 1.165) is 40.1 Å². The average molecular weight is 372 g/mol. The van der Waals surface area contributed by atoms with E-state index in [-0.39, 0.29) is 13.1 Å². The SMILES string of the molecule is FC1(F)CN(c2ncc(SN3CCC3)cc2-c2cc3ccccc3[nH]2)C1. The van der Waals surface area contributed by atoms with E-state index in [1.807, 2.05) is 24.3 Å². The number of pyridine rings is 1. The van der Waals surface area contributed by atoms with Crippen LogP contribution < -0.4 is 4.90 Å². The maximum atomic E-state index is 13.4. The van der Waals surface area contributed by atoms with E-state index in [9.17, 15) is 8.78 Å². The zero-order valence-corrected chi connectivity index (χ0v) is 14.9. The lowest BCUT2D eigenvalue weighted by atomic mass is 10.1. The molecule has 0 unspecified atom stereocenters. The molecule has 0 spiro atoms. The molecular formula is C19H18F2N4S. The number of hydrogen-bond acceptors (Lipinski definition) is 4. The number of rotatable bonds is 4. The van der Waals surface area contributed by atoms with Crippen molar-refractivity contribution in [3.8, 4) is 11.3 Å². The number of nitrogens with one attached hydrogen (secondary N) is 1. The zero-order valence-electron chi connectivity index (χ0n) is 14.1. The molecular weight excluding hydrogens is 354 g/mol. The molecule has 0 bridgehead atoms. The van der Waals surface area contributed by atoms with Crippen LogP contribution in [0.5, 0.6) is 0 Å². The van der Waals surface area contributed by atoms with Gasteiger partial charge in [0.2, 0.25) is 0 Å². The van der Waals surface area contributed by atoms with E-state index in [1.165, 1.54) is 6.42 Å². The number of halogens is 2. The smallest absolute Gasteiger partial charge is 0.282 e. The highest BCUT2D eigenvalue weighted by atomic mass is 32.2. The van der Waals surface area contributed by atoms with Crippen LogP contribution >= 0.6 is 11.9 Å². The highest BCUT2D eigenvalue weighted by molar-refractivity contribution is 7.97. The Kier molecular flexibility index (Phi) is 3.68. The van der Waals surface area contributed by atoms with Crippen LogP contribution in [0.3, 0.4) is 0 Å². The maximum Gasteiger partial charge on any atom is 0.282 e. The molecule has 0 amide bonds. The minimum atomic E-state index is -2.62. The number of hydrogen-bond donors (Lipinski definition) is 1. The van der Waals surface area contributed by atoms with E-state index in [0.29, 0.717) is 5.82 Å². The Labute approximate surface area is 154 Å². The molecule has 4 nitrogen and oxygen atoms in total. The van der Waals surface area contributed by atoms with Crippen molar-refractivity contribution in [2.24, 2.45) is 0 Å². The molecule has 2 aliphatic rings. The quantitative estimate of drug-likeness (QED) is 0.689. The maximum absolute atomic E-state index is 13.4. The van der Waals surface area contributed by atoms with Gasteiger partial charge in [-0.05, 0) is 36.6 Å². The van der Waals surface area contributed by atoms with Crippen LogP contribution in [0.1, 0.15) is 6.42 Å². The Hall–Kier alpha value is -2.12. The van der Waals surface area contributed by atoms with Crippen molar-refractivity contribution in [3.63, 3.8) is 0 Å². The number of alkyl halides is 2. The van der Waals surface area contributed by atoms with Crippen LogP contribution in [0.15, 0.2) is 47.5 Å². The summed E-state index contributed by atoms with van der Waals surface area (Å²) in [5.74, 6) is -2.00. The predicted molar refractivity (Wildman–Crippen MR) is 101 cm³/mol. The largest absolute Gasteiger partial charge is 0.354 e. The predicted octanol–water partition coefficient (Wildman–Crippen LogP) is 4.40. The van der Waals surface area contributed by atoms with Crippen LogP contribution in [0.25, 0.3) is 22.2 Å². The first-order chi connectivity index (χ1) is 12.6. The average Bonchev–Trinajstić information content (AvgIpc) is 3.00. The summed E-state index contributed by atoms with van der Waals surface area (Å²) in [7, 11) is 0. The molecule has 26 heavy (non-hydrogen) atoms. The fourth-order valence-electron chi connectivity index (χ4n) is 3.35. The minimum absolute atomic E-state index is 0.272. The number of nitrogens with zero attached hydrogens (tertiary/aromatic N) is 3. The van der Waals surface area contributed by atoms with E-state index in [2.05, 4.69) is 26.4 Å². The van der Waals surface area contributed by atoms with Gasteiger partial charge in [-0.25, -0.2) is 18.1 Å². The van der Waals surface area contributed by atoms with Gasteiger partial charge in [0.1, 0.15) is 5.82 Å². The third-order valence-electron chi connectivity index (χ3n) is 4.86. The van der Waals surface area contributed by atoms with Crippen molar-refractivity contribution < 1.29 is 8.78 Å². The molecule has 5 rings (SSSR count). The molecule has 0 saturated carbocycles. The summed E-state index contributed by atoms with van der Waals surface area (Å²) in [4.78, 5) is 10.6. The Morgan fingerprint density at radius 2 is 1.92 bits per heavy atom. The molecule has 2 fully saturated rings. The molecule has 4 heterocycles. The van der Waals surface area contributed by atoms with Gasteiger partial charge >= 0.3 is 0 Å². The molecule has 2 aromatic heterocycles. The molecule has 1 aromatic carbocycles. The van der Waals surface area contributed by atoms with Gasteiger partial charge in [-0.3, -0.25) is 0 Å². The number of aromatic nitrogens is 2. The molecule has 0 radical (unpaired) electrons. The number of fused-ring (bicyclic) bond motifs is 1. The Balaban J connectivity index is 1.55. The van der Waals surface area contributed by atoms with E-state index < -0.39 is 5.92 Å². The first kappa shape index (κ1) is 16.1. The summed E-state index contributed by atoms with van der Waals surface area (Å²) in [5.41, 5.74) is 2.82. The van der Waals surface area contributed by atoms with E-state index in [1.54, 1.807) is 23.0 Å². The lowest BCUT2D eigenvalue weighted by molar-refractivity contribution is -0.0266. The Morgan fingerprint density at radius 1 is 1.12 bits per heavy atom. The van der Waals surface area contributed by atoms with Crippen molar-refractivity contribution in [2.75, 3.05) is 31.1 Å². The monoisotopic (exact) mass is 372 g/mol. The van der Waals surface area contributed by atoms with Crippen molar-refractivity contribution in [1.29, 1.82) is 0 Å². The summed E-state index contributed by atoms with van der Waals surface area (Å²) in [6.07, 6.45) is 3.01. The summed E-state index contributed by atoms with van der Waals surface area (Å²) in [5, 5.41) is 1.10. The second kappa shape index (κ2) is 5.96. The molecule has 0 atom stereocenters. The minimum Gasteiger partial charge on any atom is -0.354 e. The fraction of sp³-hybridized carbons (Fsp3) is 0.316. The van der Waals surface area contributed by atoms with Crippen molar-refractivity contribution in [2.45, 2.75) is 17.2 Å². The summed E-state index contributed by atoms with van der Waals surface area (Å²) in [6, 6.07) is 12.2. The second-order valence-corrected chi connectivity index (χ2v) is 8.07. The van der Waals surface area contributed by atoms with Gasteiger partial charge in [-0.1, -0.05) is 18.2 Å². The molecule has 134 valence electrons. The van der Waals surface area contributed by atoms with E-state index >= 15 is 0 Å². The number of aromatic amines is 1. The van der Waals surface area contributed by atoms with Gasteiger partial charge in [-0.15, -0.1) is 0 Å². The summed E-state index contributed by atoms with van der Waals surface area (Å²) >= 11 is 1.68. The molecule has 3 aromatic rings. The Morgan fingerprint density at radius 3 is 2.62 bits per heavy atom. The Bertz CT molecular complexity index is 926. The molecule has 0 aliphatic carbocycles. The first-order valence-electron chi connectivity index (χ1n) is 8.71. The second-order valence-electron chi connectivity index (χ2n) is 6.90. The molecule has 2 saturated heterocycles. The number of para-hydroxylation sites is 1. The number of anilines is 1. The fourth-order valence-corrected chi connectivity index (χ4v) is 4.36. The van der Waals surface area contributed by atoms with Crippen molar-refractivity contribution in [1.82, 2.24) is 14.3 Å². The third-order valence-corrected chi connectivity index (χ3v) is 5.91. The first-order valence-corrected chi connectivity index (χ1v) is 9.49. The lowest BCUT2D eigenvalue weighted by Gasteiger charge is -2.40. The van der Waals surface area contributed by atoms with Crippen LogP contribution in [-0.4, -0.2) is 46.4 Å². The van der Waals surface area contributed by atoms with Crippen LogP contribution in [0.2, 0.25) is 0 Å². The van der Waals surface area contributed by atoms with Crippen LogP contribution in [0, 0.1) is 0 Å². The van der Waals surface area contributed by atoms with Crippen LogP contribution in [-0.2, 0) is 0 Å². The van der Waals surface area contributed by atoms with Gasteiger partial charge in [0, 0.05) is 40.6 Å². The lowest BCUT2D eigenvalue weighted by Crippen LogP contribution is -2.56. The standard InChI is InChI=1S/C19H18F2N4S/c20-19(21)11-24(12-19)18-15(9-14(10-22-18)26-25-6-3-7-25)17-8-13-4-1-2-5-16(13)23-17/h1-2,4-5,8-10,23H,3,6-7,11-12H2.